The topological polar surface area (TPSA) is 23.5 Å². The fourth-order valence-corrected chi connectivity index (χ4v) is 3.93. The second kappa shape index (κ2) is 5.32. The van der Waals surface area contributed by atoms with Crippen LogP contribution in [0.2, 0.25) is 0 Å². The number of hydrogen-bond acceptors (Lipinski definition) is 3. The van der Waals surface area contributed by atoms with E-state index in [4.69, 9.17) is 0 Å². The van der Waals surface area contributed by atoms with Crippen LogP contribution in [0, 0.1) is 12.8 Å². The largest absolute Gasteiger partial charge is 0.386 e. The Morgan fingerprint density at radius 1 is 1.39 bits per heavy atom. The molecule has 1 aliphatic rings. The van der Waals surface area contributed by atoms with Gasteiger partial charge in [0.2, 0.25) is 0 Å². The molecule has 1 aromatic heterocycles. The first-order chi connectivity index (χ1) is 8.47. The minimum atomic E-state index is -0.355. The zero-order valence-corrected chi connectivity index (χ0v) is 12.8. The fourth-order valence-electron chi connectivity index (χ4n) is 3.20. The Balaban J connectivity index is 2.28. The second-order valence-corrected chi connectivity index (χ2v) is 7.14. The summed E-state index contributed by atoms with van der Waals surface area (Å²) in [6.07, 6.45) is 4.28. The molecular formula is C15H25NOS. The summed E-state index contributed by atoms with van der Waals surface area (Å²) in [4.78, 5) is 3.50. The predicted octanol–water partition coefficient (Wildman–Crippen LogP) is 3.60. The Kier molecular flexibility index (Phi) is 4.15. The molecule has 2 rings (SSSR count). The van der Waals surface area contributed by atoms with E-state index >= 15 is 0 Å². The zero-order chi connectivity index (χ0) is 13.3. The third-order valence-electron chi connectivity index (χ3n) is 4.73. The molecule has 1 atom stereocenters. The van der Waals surface area contributed by atoms with Crippen LogP contribution in [0.25, 0.3) is 0 Å². The van der Waals surface area contributed by atoms with E-state index in [0.717, 1.165) is 24.3 Å². The lowest BCUT2D eigenvalue weighted by atomic mass is 9.71. The summed E-state index contributed by atoms with van der Waals surface area (Å²) >= 11 is 1.73. The van der Waals surface area contributed by atoms with Crippen molar-refractivity contribution in [3.63, 3.8) is 0 Å². The molecule has 0 radical (unpaired) electrons. The molecule has 0 aliphatic heterocycles. The van der Waals surface area contributed by atoms with Gasteiger partial charge in [0.05, 0.1) is 11.6 Å². The Bertz CT molecular complexity index is 391. The lowest BCUT2D eigenvalue weighted by molar-refractivity contribution is -0.0408. The second-order valence-electron chi connectivity index (χ2n) is 6.02. The molecule has 2 nitrogen and oxygen atoms in total. The number of nitrogens with zero attached hydrogens (tertiary/aromatic N) is 1. The molecule has 18 heavy (non-hydrogen) atoms. The van der Waals surface area contributed by atoms with Crippen LogP contribution in [-0.2, 0) is 0 Å². The third kappa shape index (κ3) is 2.36. The van der Waals surface area contributed by atoms with Gasteiger partial charge in [0, 0.05) is 4.88 Å². The average Bonchev–Trinajstić information content (AvgIpc) is 2.75. The maximum absolute atomic E-state index is 10.9. The van der Waals surface area contributed by atoms with Crippen molar-refractivity contribution >= 4 is 11.3 Å². The van der Waals surface area contributed by atoms with Crippen LogP contribution >= 0.6 is 11.3 Å². The van der Waals surface area contributed by atoms with E-state index in [2.05, 4.69) is 44.3 Å². The molecule has 1 heterocycles. The molecule has 1 unspecified atom stereocenters. The van der Waals surface area contributed by atoms with Gasteiger partial charge in [0.1, 0.15) is 0 Å². The number of hydrogen-bond donors (Lipinski definition) is 1. The molecule has 3 heteroatoms. The fraction of sp³-hybridized carbons (Fsp3) is 0.733. The van der Waals surface area contributed by atoms with Crippen molar-refractivity contribution in [1.82, 2.24) is 4.90 Å². The highest BCUT2D eigenvalue weighted by Crippen LogP contribution is 2.44. The SMILES string of the molecule is Cc1sccc1C(O)C1(N(C)C)CCC(C)CC1. The number of aryl methyl sites for hydroxylation is 1. The first-order valence-electron chi connectivity index (χ1n) is 6.87. The molecule has 1 aliphatic carbocycles. The van der Waals surface area contributed by atoms with Gasteiger partial charge in [0.25, 0.3) is 0 Å². The standard InChI is InChI=1S/C15H25NOS/c1-11-5-8-15(9-6-11,16(3)4)14(17)13-7-10-18-12(13)2/h7,10-11,14,17H,5-6,8-9H2,1-4H3. The van der Waals surface area contributed by atoms with Crippen molar-refractivity contribution in [3.8, 4) is 0 Å². The molecule has 0 aromatic carbocycles. The van der Waals surface area contributed by atoms with Gasteiger partial charge in [-0.2, -0.15) is 0 Å². The van der Waals surface area contributed by atoms with Crippen LogP contribution in [0.1, 0.15) is 49.2 Å². The van der Waals surface area contributed by atoms with Crippen LogP contribution in [0.15, 0.2) is 11.4 Å². The highest BCUT2D eigenvalue weighted by atomic mass is 32.1. The molecule has 1 saturated carbocycles. The number of aliphatic hydroxyl groups excluding tert-OH is 1. The molecule has 102 valence electrons. The maximum Gasteiger partial charge on any atom is 0.0984 e. The summed E-state index contributed by atoms with van der Waals surface area (Å²) in [6.45, 7) is 4.43. The lowest BCUT2D eigenvalue weighted by Crippen LogP contribution is -2.51. The van der Waals surface area contributed by atoms with Crippen molar-refractivity contribution in [3.05, 3.63) is 21.9 Å². The van der Waals surface area contributed by atoms with Crippen molar-refractivity contribution < 1.29 is 5.11 Å². The Morgan fingerprint density at radius 2 is 2.00 bits per heavy atom. The monoisotopic (exact) mass is 267 g/mol. The van der Waals surface area contributed by atoms with Gasteiger partial charge in [-0.3, -0.25) is 0 Å². The van der Waals surface area contributed by atoms with E-state index in [1.165, 1.54) is 17.7 Å². The van der Waals surface area contributed by atoms with E-state index in [9.17, 15) is 5.11 Å². The maximum atomic E-state index is 10.9. The van der Waals surface area contributed by atoms with Crippen molar-refractivity contribution in [2.75, 3.05) is 14.1 Å². The minimum Gasteiger partial charge on any atom is -0.386 e. The average molecular weight is 267 g/mol. The first-order valence-corrected chi connectivity index (χ1v) is 7.75. The Labute approximate surface area is 115 Å². The van der Waals surface area contributed by atoms with Crippen LogP contribution < -0.4 is 0 Å². The summed E-state index contributed by atoms with van der Waals surface area (Å²) in [5, 5.41) is 13.0. The molecule has 0 spiro atoms. The molecule has 1 aromatic rings. The minimum absolute atomic E-state index is 0.0711. The Hall–Kier alpha value is -0.380. The Morgan fingerprint density at radius 3 is 2.44 bits per heavy atom. The van der Waals surface area contributed by atoms with Gasteiger partial charge in [-0.15, -0.1) is 11.3 Å². The number of rotatable bonds is 3. The van der Waals surface area contributed by atoms with E-state index in [0.29, 0.717) is 0 Å². The van der Waals surface area contributed by atoms with Crippen LogP contribution in [-0.4, -0.2) is 29.6 Å². The van der Waals surface area contributed by atoms with Gasteiger partial charge in [0.15, 0.2) is 0 Å². The van der Waals surface area contributed by atoms with Crippen LogP contribution in [0.5, 0.6) is 0 Å². The van der Waals surface area contributed by atoms with Crippen molar-refractivity contribution in [2.45, 2.75) is 51.2 Å². The van der Waals surface area contributed by atoms with Gasteiger partial charge in [-0.1, -0.05) is 6.92 Å². The lowest BCUT2D eigenvalue weighted by Gasteiger charge is -2.47. The van der Waals surface area contributed by atoms with Gasteiger partial charge in [-0.25, -0.2) is 0 Å². The van der Waals surface area contributed by atoms with E-state index in [1.807, 2.05) is 0 Å². The quantitative estimate of drug-likeness (QED) is 0.904. The highest BCUT2D eigenvalue weighted by Gasteiger charge is 2.43. The van der Waals surface area contributed by atoms with Crippen molar-refractivity contribution in [1.29, 1.82) is 0 Å². The normalized spacial score (nSPS) is 30.7. The molecule has 0 bridgehead atoms. The number of likely N-dealkylation sites (N-methyl/N-ethyl adjacent to an activating group) is 1. The highest BCUT2D eigenvalue weighted by molar-refractivity contribution is 7.10. The smallest absolute Gasteiger partial charge is 0.0984 e. The van der Waals surface area contributed by atoms with Gasteiger partial charge >= 0.3 is 0 Å². The van der Waals surface area contributed by atoms with Gasteiger partial charge in [-0.05, 0) is 69.6 Å². The molecule has 1 N–H and O–H groups in total. The summed E-state index contributed by atoms with van der Waals surface area (Å²) in [5.41, 5.74) is 1.06. The number of thiophene rings is 1. The molecular weight excluding hydrogens is 242 g/mol. The first kappa shape index (κ1) is 14.0. The van der Waals surface area contributed by atoms with Crippen LogP contribution in [0.3, 0.4) is 0 Å². The number of aliphatic hydroxyl groups is 1. The van der Waals surface area contributed by atoms with E-state index in [-0.39, 0.29) is 11.6 Å². The summed E-state index contributed by atoms with van der Waals surface area (Å²) in [5.74, 6) is 0.800. The van der Waals surface area contributed by atoms with E-state index < -0.39 is 0 Å². The predicted molar refractivity (Wildman–Crippen MR) is 78.1 cm³/mol. The zero-order valence-electron chi connectivity index (χ0n) is 11.9. The molecule has 0 saturated heterocycles. The van der Waals surface area contributed by atoms with Crippen molar-refractivity contribution in [2.24, 2.45) is 5.92 Å². The summed E-state index contributed by atoms with van der Waals surface area (Å²) in [7, 11) is 4.22. The van der Waals surface area contributed by atoms with Gasteiger partial charge < -0.3 is 10.0 Å². The molecule has 0 amide bonds. The molecule has 1 fully saturated rings. The summed E-state index contributed by atoms with van der Waals surface area (Å²) < 4.78 is 0. The summed E-state index contributed by atoms with van der Waals surface area (Å²) in [6, 6.07) is 2.09. The third-order valence-corrected chi connectivity index (χ3v) is 5.59. The van der Waals surface area contributed by atoms with E-state index in [1.54, 1.807) is 11.3 Å². The van der Waals surface area contributed by atoms with Crippen LogP contribution in [0.4, 0.5) is 0 Å².